The summed E-state index contributed by atoms with van der Waals surface area (Å²) >= 11 is 2.51. The third-order valence-electron chi connectivity index (χ3n) is 3.48. The molecule has 3 nitrogen and oxygen atoms in total. The molecule has 0 saturated carbocycles. The van der Waals surface area contributed by atoms with Crippen LogP contribution in [0.1, 0.15) is 49.2 Å². The summed E-state index contributed by atoms with van der Waals surface area (Å²) in [5, 5.41) is 0. The van der Waals surface area contributed by atoms with Gasteiger partial charge in [0, 0.05) is 29.8 Å². The largest absolute Gasteiger partial charge is 0.501 e. The van der Waals surface area contributed by atoms with Crippen molar-refractivity contribution in [2.24, 2.45) is 0 Å². The predicted molar refractivity (Wildman–Crippen MR) is 103 cm³/mol. The second-order valence-corrected chi connectivity index (χ2v) is 9.34. The van der Waals surface area contributed by atoms with Crippen molar-refractivity contribution < 1.29 is 13.3 Å². The highest BCUT2D eigenvalue weighted by atomic mass is 127. The highest BCUT2D eigenvalue weighted by molar-refractivity contribution is 14.1. The van der Waals surface area contributed by atoms with Gasteiger partial charge in [-0.1, -0.05) is 53.8 Å². The van der Waals surface area contributed by atoms with Gasteiger partial charge >= 0.3 is 8.80 Å². The van der Waals surface area contributed by atoms with Gasteiger partial charge in [0.1, 0.15) is 0 Å². The lowest BCUT2D eigenvalue weighted by Gasteiger charge is -2.28. The predicted octanol–water partition coefficient (Wildman–Crippen LogP) is 5.16. The standard InChI is InChI=1S/C17H29IO3Si/c1-5-17(18)16-11-9-10-15(14-16)12-13-22(19-6-2,20-7-3)21-8-4/h9-11,14,17H,5-8,12-13H2,1-4H3. The van der Waals surface area contributed by atoms with Gasteiger partial charge in [-0.15, -0.1) is 0 Å². The van der Waals surface area contributed by atoms with Crippen molar-refractivity contribution in [2.75, 3.05) is 19.8 Å². The van der Waals surface area contributed by atoms with Crippen molar-refractivity contribution in [1.82, 2.24) is 0 Å². The van der Waals surface area contributed by atoms with E-state index >= 15 is 0 Å². The molecule has 0 amide bonds. The summed E-state index contributed by atoms with van der Waals surface area (Å²) in [5.74, 6) is 0. The van der Waals surface area contributed by atoms with E-state index in [1.807, 2.05) is 20.8 Å². The van der Waals surface area contributed by atoms with Gasteiger partial charge in [-0.25, -0.2) is 0 Å². The molecular formula is C17H29IO3Si. The summed E-state index contributed by atoms with van der Waals surface area (Å²) in [6.45, 7) is 10.1. The Hall–Kier alpha value is 0.0469. The van der Waals surface area contributed by atoms with Gasteiger partial charge in [0.15, 0.2) is 0 Å². The van der Waals surface area contributed by atoms with Crippen molar-refractivity contribution in [1.29, 1.82) is 0 Å². The SMILES string of the molecule is CCO[Si](CCc1cccc(C(I)CC)c1)(OCC)OCC. The van der Waals surface area contributed by atoms with E-state index in [-0.39, 0.29) is 0 Å². The summed E-state index contributed by atoms with van der Waals surface area (Å²) in [4.78, 5) is 0. The van der Waals surface area contributed by atoms with E-state index in [0.717, 1.165) is 18.9 Å². The summed E-state index contributed by atoms with van der Waals surface area (Å²) in [5.41, 5.74) is 2.74. The number of benzene rings is 1. The van der Waals surface area contributed by atoms with Crippen LogP contribution in [-0.2, 0) is 19.7 Å². The van der Waals surface area contributed by atoms with E-state index in [1.54, 1.807) is 0 Å². The van der Waals surface area contributed by atoms with E-state index in [0.29, 0.717) is 23.7 Å². The molecule has 1 unspecified atom stereocenters. The van der Waals surface area contributed by atoms with Crippen LogP contribution in [0.3, 0.4) is 0 Å². The van der Waals surface area contributed by atoms with Crippen LogP contribution in [0.25, 0.3) is 0 Å². The van der Waals surface area contributed by atoms with Crippen molar-refractivity contribution in [3.63, 3.8) is 0 Å². The number of rotatable bonds is 11. The minimum atomic E-state index is -2.53. The van der Waals surface area contributed by atoms with Crippen LogP contribution in [0.2, 0.25) is 6.04 Å². The number of halogens is 1. The van der Waals surface area contributed by atoms with Crippen LogP contribution in [0, 0.1) is 0 Å². The van der Waals surface area contributed by atoms with Gasteiger partial charge < -0.3 is 13.3 Å². The zero-order valence-electron chi connectivity index (χ0n) is 14.2. The Bertz CT molecular complexity index is 411. The van der Waals surface area contributed by atoms with Crippen LogP contribution < -0.4 is 0 Å². The van der Waals surface area contributed by atoms with Gasteiger partial charge in [0.25, 0.3) is 0 Å². The summed E-state index contributed by atoms with van der Waals surface area (Å²) in [6, 6.07) is 9.69. The molecule has 1 aromatic rings. The summed E-state index contributed by atoms with van der Waals surface area (Å²) < 4.78 is 18.3. The van der Waals surface area contributed by atoms with E-state index in [4.69, 9.17) is 13.3 Å². The molecule has 1 rings (SSSR count). The van der Waals surface area contributed by atoms with Crippen molar-refractivity contribution >= 4 is 31.4 Å². The molecule has 0 aromatic heterocycles. The minimum Gasteiger partial charge on any atom is -0.374 e. The Morgan fingerprint density at radius 1 is 1.00 bits per heavy atom. The molecule has 0 heterocycles. The fourth-order valence-electron chi connectivity index (χ4n) is 2.48. The lowest BCUT2D eigenvalue weighted by atomic mass is 10.1. The Morgan fingerprint density at radius 3 is 2.09 bits per heavy atom. The highest BCUT2D eigenvalue weighted by Gasteiger charge is 2.39. The average molecular weight is 436 g/mol. The average Bonchev–Trinajstić information content (AvgIpc) is 2.53. The van der Waals surface area contributed by atoms with Crippen molar-refractivity contribution in [3.8, 4) is 0 Å². The second-order valence-electron chi connectivity index (χ2n) is 5.10. The van der Waals surface area contributed by atoms with Crippen LogP contribution in [0.15, 0.2) is 24.3 Å². The second kappa shape index (κ2) is 10.8. The Kier molecular flexibility index (Phi) is 9.82. The first-order valence-electron chi connectivity index (χ1n) is 8.25. The molecule has 22 heavy (non-hydrogen) atoms. The molecule has 0 aliphatic heterocycles. The van der Waals surface area contributed by atoms with Gasteiger partial charge in [-0.3, -0.25) is 0 Å². The van der Waals surface area contributed by atoms with Gasteiger partial charge in [0.2, 0.25) is 0 Å². The van der Waals surface area contributed by atoms with E-state index < -0.39 is 8.80 Å². The zero-order valence-corrected chi connectivity index (χ0v) is 17.4. The fraction of sp³-hybridized carbons (Fsp3) is 0.647. The van der Waals surface area contributed by atoms with Gasteiger partial charge in [0.05, 0.1) is 0 Å². The Balaban J connectivity index is 2.79. The zero-order chi connectivity index (χ0) is 16.4. The molecule has 0 aliphatic carbocycles. The number of hydrogen-bond acceptors (Lipinski definition) is 3. The normalized spacial score (nSPS) is 13.3. The first kappa shape index (κ1) is 20.1. The monoisotopic (exact) mass is 436 g/mol. The molecule has 126 valence electrons. The molecule has 0 saturated heterocycles. The molecule has 5 heteroatoms. The van der Waals surface area contributed by atoms with Crippen LogP contribution in [-0.4, -0.2) is 28.6 Å². The summed E-state index contributed by atoms with van der Waals surface area (Å²) in [7, 11) is -2.53. The third kappa shape index (κ3) is 6.27. The first-order valence-corrected chi connectivity index (χ1v) is 11.4. The smallest absolute Gasteiger partial charge is 0.374 e. The highest BCUT2D eigenvalue weighted by Crippen LogP contribution is 2.28. The molecule has 0 bridgehead atoms. The maximum absolute atomic E-state index is 5.92. The van der Waals surface area contributed by atoms with E-state index in [2.05, 4.69) is 53.8 Å². The number of aryl methyl sites for hydroxylation is 1. The number of hydrogen-bond donors (Lipinski definition) is 0. The van der Waals surface area contributed by atoms with E-state index in [9.17, 15) is 0 Å². The Morgan fingerprint density at radius 2 is 1.59 bits per heavy atom. The topological polar surface area (TPSA) is 27.7 Å². The quantitative estimate of drug-likeness (QED) is 0.272. The maximum Gasteiger partial charge on any atom is 0.501 e. The molecule has 1 aromatic carbocycles. The minimum absolute atomic E-state index is 0.574. The molecule has 1 atom stereocenters. The molecular weight excluding hydrogens is 407 g/mol. The van der Waals surface area contributed by atoms with Crippen LogP contribution in [0.4, 0.5) is 0 Å². The maximum atomic E-state index is 5.92. The Labute approximate surface area is 150 Å². The van der Waals surface area contributed by atoms with Crippen LogP contribution in [0.5, 0.6) is 0 Å². The fourth-order valence-corrected chi connectivity index (χ4v) is 5.46. The van der Waals surface area contributed by atoms with Crippen molar-refractivity contribution in [2.45, 2.75) is 50.5 Å². The lowest BCUT2D eigenvalue weighted by Crippen LogP contribution is -2.46. The molecule has 0 fully saturated rings. The number of alkyl halides is 1. The molecule has 0 spiro atoms. The molecule has 0 radical (unpaired) electrons. The van der Waals surface area contributed by atoms with Crippen molar-refractivity contribution in [3.05, 3.63) is 35.4 Å². The molecule has 0 aliphatic rings. The van der Waals surface area contributed by atoms with Gasteiger partial charge in [-0.05, 0) is 44.7 Å². The lowest BCUT2D eigenvalue weighted by molar-refractivity contribution is 0.0714. The molecule has 0 N–H and O–H groups in total. The first-order chi connectivity index (χ1) is 10.6. The van der Waals surface area contributed by atoms with Crippen LogP contribution >= 0.6 is 22.6 Å². The third-order valence-corrected chi connectivity index (χ3v) is 8.13. The van der Waals surface area contributed by atoms with E-state index in [1.165, 1.54) is 11.1 Å². The summed E-state index contributed by atoms with van der Waals surface area (Å²) in [6.07, 6.45) is 2.09. The van der Waals surface area contributed by atoms with Gasteiger partial charge in [-0.2, -0.15) is 0 Å².